The average molecular weight is 278 g/mol. The fourth-order valence-electron chi connectivity index (χ4n) is 2.51. The molecule has 0 aromatic rings. The second-order valence-corrected chi connectivity index (χ2v) is 5.47. The van der Waals surface area contributed by atoms with Gasteiger partial charge in [0.05, 0.1) is 13.2 Å². The van der Waals surface area contributed by atoms with Crippen LogP contribution in [0, 0.1) is 11.8 Å². The first-order valence-corrected chi connectivity index (χ1v) is 6.88. The lowest BCUT2D eigenvalue weighted by atomic mass is 9.79. The molecule has 2 N–H and O–H groups in total. The van der Waals surface area contributed by atoms with Crippen LogP contribution in [0.3, 0.4) is 0 Å². The average Bonchev–Trinajstić information content (AvgIpc) is 2.33. The highest BCUT2D eigenvalue weighted by Crippen LogP contribution is 2.29. The molecule has 2 amide bonds. The Morgan fingerprint density at radius 2 is 2.05 bits per heavy atom. The molecule has 0 radical (unpaired) electrons. The molecule has 0 bridgehead atoms. The van der Waals surface area contributed by atoms with Crippen LogP contribution in [0.15, 0.2) is 0 Å². The Hall–Kier alpha value is -0.910. The monoisotopic (exact) mass is 278 g/mol. The third-order valence-electron chi connectivity index (χ3n) is 3.94. The lowest BCUT2D eigenvalue weighted by Crippen LogP contribution is -2.49. The number of hydrogen-bond donors (Lipinski definition) is 2. The first kappa shape index (κ1) is 16.1. The summed E-state index contributed by atoms with van der Waals surface area (Å²) >= 11 is 0. The number of carbonyl (C=O) groups excluding carboxylic acids is 1. The predicted molar refractivity (Wildman–Crippen MR) is 69.2 cm³/mol. The van der Waals surface area contributed by atoms with Crippen molar-refractivity contribution in [1.82, 2.24) is 10.2 Å². The fraction of sp³-hybridized carbons (Fsp3) is 0.923. The van der Waals surface area contributed by atoms with E-state index in [1.807, 2.05) is 0 Å². The van der Waals surface area contributed by atoms with Crippen LogP contribution in [0.2, 0.25) is 0 Å². The molecule has 19 heavy (non-hydrogen) atoms. The SMILES string of the molecule is C[C@@H]1CC[C@@H](NC(=O)N(CCO)CC(F)F)C[C@H]1C. The van der Waals surface area contributed by atoms with Gasteiger partial charge in [0.25, 0.3) is 6.43 Å². The van der Waals surface area contributed by atoms with Gasteiger partial charge in [-0.05, 0) is 31.1 Å². The molecule has 3 atom stereocenters. The van der Waals surface area contributed by atoms with E-state index in [9.17, 15) is 13.6 Å². The largest absolute Gasteiger partial charge is 0.395 e. The zero-order valence-electron chi connectivity index (χ0n) is 11.6. The van der Waals surface area contributed by atoms with Crippen LogP contribution in [-0.2, 0) is 0 Å². The van der Waals surface area contributed by atoms with E-state index >= 15 is 0 Å². The smallest absolute Gasteiger partial charge is 0.317 e. The van der Waals surface area contributed by atoms with Crippen LogP contribution < -0.4 is 5.32 Å². The van der Waals surface area contributed by atoms with E-state index in [0.717, 1.165) is 24.2 Å². The molecule has 0 spiro atoms. The van der Waals surface area contributed by atoms with Crippen molar-refractivity contribution in [1.29, 1.82) is 0 Å². The van der Waals surface area contributed by atoms with Gasteiger partial charge in [-0.3, -0.25) is 0 Å². The summed E-state index contributed by atoms with van der Waals surface area (Å²) in [4.78, 5) is 12.9. The van der Waals surface area contributed by atoms with E-state index in [0.29, 0.717) is 11.8 Å². The van der Waals surface area contributed by atoms with E-state index in [4.69, 9.17) is 5.11 Å². The maximum atomic E-state index is 12.4. The Morgan fingerprint density at radius 1 is 1.37 bits per heavy atom. The normalized spacial score (nSPS) is 27.4. The van der Waals surface area contributed by atoms with E-state index < -0.39 is 19.0 Å². The number of nitrogens with one attached hydrogen (secondary N) is 1. The Labute approximate surface area is 113 Å². The number of amides is 2. The molecule has 0 aromatic heterocycles. The van der Waals surface area contributed by atoms with Crippen LogP contribution in [0.25, 0.3) is 0 Å². The standard InChI is InChI=1S/C13H24F2N2O2/c1-9-3-4-11(7-10(9)2)16-13(19)17(5-6-18)8-12(14)15/h9-12,18H,3-8H2,1-2H3,(H,16,19)/t9-,10-,11-/m1/s1. The van der Waals surface area contributed by atoms with Gasteiger partial charge < -0.3 is 15.3 Å². The summed E-state index contributed by atoms with van der Waals surface area (Å²) in [6.07, 6.45) is 0.233. The van der Waals surface area contributed by atoms with Gasteiger partial charge in [0.2, 0.25) is 0 Å². The van der Waals surface area contributed by atoms with Gasteiger partial charge in [-0.2, -0.15) is 0 Å². The maximum absolute atomic E-state index is 12.4. The molecule has 0 aliphatic heterocycles. The number of hydrogen-bond acceptors (Lipinski definition) is 2. The van der Waals surface area contributed by atoms with Crippen LogP contribution in [-0.4, -0.2) is 48.2 Å². The van der Waals surface area contributed by atoms with Gasteiger partial charge in [0.15, 0.2) is 0 Å². The summed E-state index contributed by atoms with van der Waals surface area (Å²) < 4.78 is 24.7. The second kappa shape index (κ2) is 7.62. The van der Waals surface area contributed by atoms with Crippen molar-refractivity contribution in [3.05, 3.63) is 0 Å². The van der Waals surface area contributed by atoms with Crippen molar-refractivity contribution in [2.45, 2.75) is 45.6 Å². The minimum absolute atomic E-state index is 0.0533. The van der Waals surface area contributed by atoms with Crippen LogP contribution in [0.1, 0.15) is 33.1 Å². The first-order valence-electron chi connectivity index (χ1n) is 6.88. The van der Waals surface area contributed by atoms with Crippen molar-refractivity contribution < 1.29 is 18.7 Å². The summed E-state index contributed by atoms with van der Waals surface area (Å²) in [5.41, 5.74) is 0. The van der Waals surface area contributed by atoms with Crippen LogP contribution >= 0.6 is 0 Å². The molecule has 1 aliphatic rings. The predicted octanol–water partition coefficient (Wildman–Crippen LogP) is 2.08. The number of carbonyl (C=O) groups is 1. The highest BCUT2D eigenvalue weighted by Gasteiger charge is 2.27. The Kier molecular flexibility index (Phi) is 6.48. The molecule has 112 valence electrons. The number of aliphatic hydroxyl groups is 1. The minimum Gasteiger partial charge on any atom is -0.395 e. The second-order valence-electron chi connectivity index (χ2n) is 5.47. The Morgan fingerprint density at radius 3 is 2.58 bits per heavy atom. The van der Waals surface area contributed by atoms with Gasteiger partial charge in [0, 0.05) is 12.6 Å². The van der Waals surface area contributed by atoms with Crippen molar-refractivity contribution in [2.75, 3.05) is 19.7 Å². The topological polar surface area (TPSA) is 52.6 Å². The third kappa shape index (κ3) is 5.30. The van der Waals surface area contributed by atoms with E-state index in [1.165, 1.54) is 0 Å². The molecule has 1 aliphatic carbocycles. The van der Waals surface area contributed by atoms with Crippen LogP contribution in [0.5, 0.6) is 0 Å². The number of rotatable bonds is 5. The van der Waals surface area contributed by atoms with Crippen molar-refractivity contribution in [3.63, 3.8) is 0 Å². The summed E-state index contributed by atoms with van der Waals surface area (Å²) in [7, 11) is 0. The van der Waals surface area contributed by atoms with E-state index in [2.05, 4.69) is 19.2 Å². The van der Waals surface area contributed by atoms with Crippen molar-refractivity contribution in [2.24, 2.45) is 11.8 Å². The molecule has 4 nitrogen and oxygen atoms in total. The molecular formula is C13H24F2N2O2. The minimum atomic E-state index is -2.58. The number of aliphatic hydroxyl groups excluding tert-OH is 1. The molecule has 1 fully saturated rings. The Bertz CT molecular complexity index is 290. The van der Waals surface area contributed by atoms with Crippen molar-refractivity contribution >= 4 is 6.03 Å². The van der Waals surface area contributed by atoms with Gasteiger partial charge in [-0.25, -0.2) is 13.6 Å². The van der Waals surface area contributed by atoms with Crippen LogP contribution in [0.4, 0.5) is 13.6 Å². The van der Waals surface area contributed by atoms with Gasteiger partial charge >= 0.3 is 6.03 Å². The zero-order valence-corrected chi connectivity index (χ0v) is 11.6. The molecule has 6 heteroatoms. The summed E-state index contributed by atoms with van der Waals surface area (Å²) in [5, 5.41) is 11.6. The number of alkyl halides is 2. The maximum Gasteiger partial charge on any atom is 0.317 e. The van der Waals surface area contributed by atoms with Gasteiger partial charge in [-0.1, -0.05) is 13.8 Å². The van der Waals surface area contributed by atoms with Gasteiger partial charge in [-0.15, -0.1) is 0 Å². The quantitative estimate of drug-likeness (QED) is 0.809. The number of urea groups is 1. The molecule has 0 saturated heterocycles. The first-order chi connectivity index (χ1) is 8.93. The summed E-state index contributed by atoms with van der Waals surface area (Å²) in [6.45, 7) is 3.34. The molecule has 0 unspecified atom stereocenters. The Balaban J connectivity index is 2.47. The van der Waals surface area contributed by atoms with E-state index in [-0.39, 0.29) is 19.2 Å². The molecular weight excluding hydrogens is 254 g/mol. The molecule has 0 heterocycles. The number of nitrogens with zero attached hydrogens (tertiary/aromatic N) is 1. The number of halogens is 2. The summed E-state index contributed by atoms with van der Waals surface area (Å²) in [5.74, 6) is 1.17. The van der Waals surface area contributed by atoms with E-state index in [1.54, 1.807) is 0 Å². The third-order valence-corrected chi connectivity index (χ3v) is 3.94. The van der Waals surface area contributed by atoms with Crippen molar-refractivity contribution in [3.8, 4) is 0 Å². The fourth-order valence-corrected chi connectivity index (χ4v) is 2.51. The molecule has 1 rings (SSSR count). The lowest BCUT2D eigenvalue weighted by molar-refractivity contribution is 0.0877. The highest BCUT2D eigenvalue weighted by molar-refractivity contribution is 5.74. The zero-order chi connectivity index (χ0) is 14.4. The lowest BCUT2D eigenvalue weighted by Gasteiger charge is -2.34. The summed E-state index contributed by atoms with van der Waals surface area (Å²) in [6, 6.07) is -0.446. The van der Waals surface area contributed by atoms with Gasteiger partial charge in [0.1, 0.15) is 0 Å². The molecule has 0 aromatic carbocycles. The highest BCUT2D eigenvalue weighted by atomic mass is 19.3. The molecule has 1 saturated carbocycles.